The van der Waals surface area contributed by atoms with Crippen molar-refractivity contribution in [3.05, 3.63) is 53.3 Å². The molecule has 3 rings (SSSR count). The summed E-state index contributed by atoms with van der Waals surface area (Å²) in [5, 5.41) is 12.0. The maximum absolute atomic E-state index is 13.3. The number of carboxylic acid groups (broad SMARTS) is 1. The number of fused-ring (bicyclic) bond motifs is 1. The predicted molar refractivity (Wildman–Crippen MR) is 77.5 cm³/mol. The Labute approximate surface area is 119 Å². The van der Waals surface area contributed by atoms with Crippen molar-refractivity contribution in [1.29, 1.82) is 0 Å². The molecule has 0 unspecified atom stereocenters. The first-order chi connectivity index (χ1) is 10.0. The fraction of sp³-hybridized carbons (Fsp3) is 0.0667. The molecule has 3 N–H and O–H groups in total. The third kappa shape index (κ3) is 2.55. The van der Waals surface area contributed by atoms with E-state index < -0.39 is 5.97 Å². The monoisotopic (exact) mass is 285 g/mol. The molecule has 5 nitrogen and oxygen atoms in total. The molecule has 6 heteroatoms. The van der Waals surface area contributed by atoms with Crippen LogP contribution >= 0.6 is 0 Å². The second-order valence-corrected chi connectivity index (χ2v) is 4.71. The van der Waals surface area contributed by atoms with Crippen LogP contribution in [0.1, 0.15) is 15.9 Å². The van der Waals surface area contributed by atoms with E-state index in [1.54, 1.807) is 12.1 Å². The van der Waals surface area contributed by atoms with Crippen LogP contribution in [0, 0.1) is 12.7 Å². The van der Waals surface area contributed by atoms with Crippen molar-refractivity contribution < 1.29 is 14.3 Å². The Balaban J connectivity index is 1.97. The molecule has 0 atom stereocenters. The number of benzene rings is 2. The molecule has 0 aliphatic rings. The quantitative estimate of drug-likeness (QED) is 0.688. The van der Waals surface area contributed by atoms with E-state index in [1.807, 2.05) is 6.92 Å². The lowest BCUT2D eigenvalue weighted by Gasteiger charge is -2.06. The van der Waals surface area contributed by atoms with Crippen molar-refractivity contribution in [2.24, 2.45) is 0 Å². The first-order valence-corrected chi connectivity index (χ1v) is 6.29. The maximum Gasteiger partial charge on any atom is 0.335 e. The van der Waals surface area contributed by atoms with Crippen molar-refractivity contribution in [3.8, 4) is 0 Å². The molecular weight excluding hydrogens is 273 g/mol. The van der Waals surface area contributed by atoms with E-state index >= 15 is 0 Å². The SMILES string of the molecule is Cc1ccc(F)cc1Nc1nc2ccc(C(=O)O)cc2[nH]1. The van der Waals surface area contributed by atoms with Gasteiger partial charge in [0, 0.05) is 5.69 Å². The van der Waals surface area contributed by atoms with Gasteiger partial charge in [0.25, 0.3) is 0 Å². The Hall–Kier alpha value is -2.89. The van der Waals surface area contributed by atoms with Gasteiger partial charge in [0.15, 0.2) is 0 Å². The third-order valence-electron chi connectivity index (χ3n) is 3.18. The first-order valence-electron chi connectivity index (χ1n) is 6.29. The molecule has 3 aromatic rings. The van der Waals surface area contributed by atoms with Crippen LogP contribution in [0.2, 0.25) is 0 Å². The van der Waals surface area contributed by atoms with E-state index in [9.17, 15) is 9.18 Å². The fourth-order valence-electron chi connectivity index (χ4n) is 2.06. The standard InChI is InChI=1S/C15H12FN3O2/c1-8-2-4-10(16)7-12(8)18-15-17-11-5-3-9(14(20)21)6-13(11)19-15/h2-7H,1H3,(H,20,21)(H2,17,18,19). The number of aromatic nitrogens is 2. The van der Waals surface area contributed by atoms with Crippen LogP contribution in [0.15, 0.2) is 36.4 Å². The molecule has 1 heterocycles. The summed E-state index contributed by atoms with van der Waals surface area (Å²) in [4.78, 5) is 18.2. The van der Waals surface area contributed by atoms with Crippen molar-refractivity contribution in [2.45, 2.75) is 6.92 Å². The predicted octanol–water partition coefficient (Wildman–Crippen LogP) is 3.45. The van der Waals surface area contributed by atoms with E-state index in [4.69, 9.17) is 5.11 Å². The zero-order valence-corrected chi connectivity index (χ0v) is 11.1. The number of imidazole rings is 1. The Morgan fingerprint density at radius 2 is 2.10 bits per heavy atom. The normalized spacial score (nSPS) is 10.8. The van der Waals surface area contributed by atoms with Crippen molar-refractivity contribution in [3.63, 3.8) is 0 Å². The lowest BCUT2D eigenvalue weighted by Crippen LogP contribution is -1.95. The van der Waals surface area contributed by atoms with Gasteiger partial charge in [0.1, 0.15) is 5.82 Å². The lowest BCUT2D eigenvalue weighted by atomic mass is 10.2. The number of carbonyl (C=O) groups is 1. The van der Waals surface area contributed by atoms with Crippen molar-refractivity contribution in [2.75, 3.05) is 5.32 Å². The number of H-pyrrole nitrogens is 1. The molecule has 0 radical (unpaired) electrons. The number of aryl methyl sites for hydroxylation is 1. The van der Waals surface area contributed by atoms with E-state index in [1.165, 1.54) is 24.3 Å². The minimum Gasteiger partial charge on any atom is -0.478 e. The van der Waals surface area contributed by atoms with Gasteiger partial charge in [-0.15, -0.1) is 0 Å². The summed E-state index contributed by atoms with van der Waals surface area (Å²) in [6.07, 6.45) is 0. The highest BCUT2D eigenvalue weighted by atomic mass is 19.1. The molecule has 0 saturated carbocycles. The number of nitrogens with one attached hydrogen (secondary N) is 2. The summed E-state index contributed by atoms with van der Waals surface area (Å²) in [5.74, 6) is -0.907. The lowest BCUT2D eigenvalue weighted by molar-refractivity contribution is 0.0697. The molecule has 21 heavy (non-hydrogen) atoms. The molecule has 0 aliphatic carbocycles. The third-order valence-corrected chi connectivity index (χ3v) is 3.18. The van der Waals surface area contributed by atoms with Gasteiger partial charge < -0.3 is 15.4 Å². The van der Waals surface area contributed by atoms with Crippen LogP contribution < -0.4 is 5.32 Å². The molecule has 106 valence electrons. The number of hydrogen-bond donors (Lipinski definition) is 3. The van der Waals surface area contributed by atoms with Crippen LogP contribution in [-0.2, 0) is 0 Å². The summed E-state index contributed by atoms with van der Waals surface area (Å²) in [6.45, 7) is 1.85. The topological polar surface area (TPSA) is 78.0 Å². The summed E-state index contributed by atoms with van der Waals surface area (Å²) in [5.41, 5.74) is 2.90. The molecule has 0 saturated heterocycles. The Morgan fingerprint density at radius 3 is 2.86 bits per heavy atom. The highest BCUT2D eigenvalue weighted by molar-refractivity contribution is 5.92. The van der Waals surface area contributed by atoms with Crippen molar-refractivity contribution >= 4 is 28.6 Å². The van der Waals surface area contributed by atoms with Crippen molar-refractivity contribution in [1.82, 2.24) is 9.97 Å². The highest BCUT2D eigenvalue weighted by Crippen LogP contribution is 2.22. The molecule has 2 aromatic carbocycles. The maximum atomic E-state index is 13.3. The van der Waals surface area contributed by atoms with E-state index in [-0.39, 0.29) is 11.4 Å². The molecular formula is C15H12FN3O2. The van der Waals surface area contributed by atoms with Gasteiger partial charge in [-0.3, -0.25) is 0 Å². The zero-order chi connectivity index (χ0) is 15.0. The minimum atomic E-state index is -0.998. The van der Waals surface area contributed by atoms with Gasteiger partial charge in [-0.05, 0) is 42.8 Å². The largest absolute Gasteiger partial charge is 0.478 e. The van der Waals surface area contributed by atoms with Crippen LogP contribution in [0.25, 0.3) is 11.0 Å². The number of hydrogen-bond acceptors (Lipinski definition) is 3. The minimum absolute atomic E-state index is 0.180. The number of halogens is 1. The summed E-state index contributed by atoms with van der Waals surface area (Å²) in [7, 11) is 0. The molecule has 0 bridgehead atoms. The highest BCUT2D eigenvalue weighted by Gasteiger charge is 2.08. The van der Waals surface area contributed by atoms with E-state index in [2.05, 4.69) is 15.3 Å². The van der Waals surface area contributed by atoms with Gasteiger partial charge in [0.05, 0.1) is 16.6 Å². The molecule has 1 aromatic heterocycles. The van der Waals surface area contributed by atoms with Gasteiger partial charge in [-0.1, -0.05) is 6.07 Å². The fourth-order valence-corrected chi connectivity index (χ4v) is 2.06. The summed E-state index contributed by atoms with van der Waals surface area (Å²) < 4.78 is 13.3. The average molecular weight is 285 g/mol. The number of carboxylic acids is 1. The van der Waals surface area contributed by atoms with Crippen LogP contribution in [-0.4, -0.2) is 21.0 Å². The number of nitrogens with zero attached hydrogens (tertiary/aromatic N) is 1. The van der Waals surface area contributed by atoms with E-state index in [0.29, 0.717) is 22.7 Å². The second-order valence-electron chi connectivity index (χ2n) is 4.71. The number of aromatic amines is 1. The van der Waals surface area contributed by atoms with Crippen LogP contribution in [0.5, 0.6) is 0 Å². The zero-order valence-electron chi connectivity index (χ0n) is 11.1. The second kappa shape index (κ2) is 4.90. The van der Waals surface area contributed by atoms with Crippen LogP contribution in [0.3, 0.4) is 0 Å². The molecule has 0 fully saturated rings. The first kappa shape index (κ1) is 13.1. The smallest absolute Gasteiger partial charge is 0.335 e. The van der Waals surface area contributed by atoms with Gasteiger partial charge in [0.2, 0.25) is 5.95 Å². The Morgan fingerprint density at radius 1 is 1.29 bits per heavy atom. The Kier molecular flexibility index (Phi) is 3.06. The van der Waals surface area contributed by atoms with E-state index in [0.717, 1.165) is 5.56 Å². The average Bonchev–Trinajstić information content (AvgIpc) is 2.84. The number of aromatic carboxylic acids is 1. The number of anilines is 2. The molecule has 0 spiro atoms. The summed E-state index contributed by atoms with van der Waals surface area (Å²) in [6, 6.07) is 9.06. The Bertz CT molecular complexity index is 842. The summed E-state index contributed by atoms with van der Waals surface area (Å²) >= 11 is 0. The molecule has 0 amide bonds. The van der Waals surface area contributed by atoms with Crippen LogP contribution in [0.4, 0.5) is 16.0 Å². The van der Waals surface area contributed by atoms with Gasteiger partial charge in [-0.25, -0.2) is 14.2 Å². The number of rotatable bonds is 3. The van der Waals surface area contributed by atoms with Gasteiger partial charge in [-0.2, -0.15) is 0 Å². The van der Waals surface area contributed by atoms with Gasteiger partial charge >= 0.3 is 5.97 Å². The molecule has 0 aliphatic heterocycles.